The van der Waals surface area contributed by atoms with Gasteiger partial charge in [-0.05, 0) is 67.2 Å². The van der Waals surface area contributed by atoms with Crippen LogP contribution in [-0.4, -0.2) is 127 Å². The lowest BCUT2D eigenvalue weighted by atomic mass is 9.95. The molecule has 8 N–H and O–H groups in total. The van der Waals surface area contributed by atoms with Gasteiger partial charge < -0.3 is 55.4 Å². The Hall–Kier alpha value is -1.17. The number of allylic oxidation sites excluding steroid dienone is 5. The molecule has 13 unspecified atom stereocenters. The molecule has 296 valence electrons. The van der Waals surface area contributed by atoms with E-state index < -0.39 is 95.8 Å². The number of carbonyl (C=O) groups excluding carboxylic acids is 1. The first kappa shape index (κ1) is 46.0. The number of rotatable bonds is 20. The quantitative estimate of drug-likeness (QED) is 0.0769. The van der Waals surface area contributed by atoms with Crippen LogP contribution in [0.25, 0.3) is 0 Å². The summed E-state index contributed by atoms with van der Waals surface area (Å²) in [7, 11) is -8.19. The third-order valence-electron chi connectivity index (χ3n) is 8.48. The van der Waals surface area contributed by atoms with Crippen molar-refractivity contribution in [1.29, 1.82) is 0 Å². The van der Waals surface area contributed by atoms with E-state index in [0.29, 0.717) is 0 Å². The second kappa shape index (κ2) is 21.1. The number of carbonyl (C=O) groups is 1. The molecule has 0 radical (unpaired) electrons. The predicted molar refractivity (Wildman–Crippen MR) is 190 cm³/mol. The van der Waals surface area contributed by atoms with E-state index in [9.17, 15) is 34.4 Å². The van der Waals surface area contributed by atoms with E-state index in [1.165, 1.54) is 25.0 Å². The molecule has 0 bridgehead atoms. The molecule has 0 aliphatic carbocycles. The minimum atomic E-state index is -4.24. The summed E-state index contributed by atoms with van der Waals surface area (Å²) in [6.45, 7) is 11.6. The fourth-order valence-corrected chi connectivity index (χ4v) is 8.78. The monoisotopic (exact) mass is 770 g/mol. The Bertz CT molecular complexity index is 1310. The second-order valence-corrected chi connectivity index (χ2v) is 17.7. The van der Waals surface area contributed by atoms with Gasteiger partial charge in [0, 0.05) is 13.3 Å². The highest BCUT2D eigenvalue weighted by Crippen LogP contribution is 2.62. The molecule has 0 aromatic heterocycles. The fraction of sp³-hybridized carbons (Fsp3) is 0.788. The topological polar surface area (TPSA) is 249 Å². The molecule has 2 saturated heterocycles. The van der Waals surface area contributed by atoms with Gasteiger partial charge in [0.2, 0.25) is 0 Å². The zero-order valence-electron chi connectivity index (χ0n) is 31.0. The molecule has 0 spiro atoms. The highest BCUT2D eigenvalue weighted by atomic mass is 31.3. The van der Waals surface area contributed by atoms with Crippen molar-refractivity contribution in [3.8, 4) is 0 Å². The molecule has 16 nitrogen and oxygen atoms in total. The molecule has 0 saturated carbocycles. The molecule has 0 amide bonds. The Labute approximate surface area is 301 Å². The lowest BCUT2D eigenvalue weighted by molar-refractivity contribution is -0.327. The van der Waals surface area contributed by atoms with Crippen molar-refractivity contribution in [3.63, 3.8) is 0 Å². The fourth-order valence-electron chi connectivity index (χ4n) is 5.37. The Morgan fingerprint density at radius 3 is 1.94 bits per heavy atom. The highest BCUT2D eigenvalue weighted by molar-refractivity contribution is 7.66. The van der Waals surface area contributed by atoms with Crippen LogP contribution >= 0.6 is 15.2 Å². The van der Waals surface area contributed by atoms with Crippen LogP contribution in [0.5, 0.6) is 0 Å². The molecule has 0 aromatic carbocycles. The summed E-state index contributed by atoms with van der Waals surface area (Å²) in [4.78, 5) is 12.1. The van der Waals surface area contributed by atoms with Gasteiger partial charge in [0.1, 0.15) is 42.7 Å². The minimum Gasteiger partial charge on any atom is -0.394 e. The molecule has 13 atom stereocenters. The van der Waals surface area contributed by atoms with Gasteiger partial charge in [-0.3, -0.25) is 18.4 Å². The smallest absolute Gasteiger partial charge is 0.337 e. The zero-order chi connectivity index (χ0) is 38.7. The van der Waals surface area contributed by atoms with Crippen LogP contribution in [0.2, 0.25) is 0 Å². The number of Topliss-reactive ketones (excluding diaryl/α,β-unsaturated/α-hetero) is 1. The summed E-state index contributed by atoms with van der Waals surface area (Å²) in [6, 6.07) is -2.67. The van der Waals surface area contributed by atoms with Gasteiger partial charge >= 0.3 is 15.2 Å². The summed E-state index contributed by atoms with van der Waals surface area (Å²) < 4.78 is 66.4. The van der Waals surface area contributed by atoms with Crippen molar-refractivity contribution in [1.82, 2.24) is 0 Å². The van der Waals surface area contributed by atoms with Crippen molar-refractivity contribution in [2.45, 2.75) is 135 Å². The Kier molecular flexibility index (Phi) is 19.0. The van der Waals surface area contributed by atoms with Crippen molar-refractivity contribution in [2.75, 3.05) is 33.2 Å². The summed E-state index contributed by atoms with van der Waals surface area (Å²) in [5.74, 6) is -0.380. The molecule has 2 heterocycles. The maximum atomic E-state index is 13.5. The minimum absolute atomic E-state index is 0.0684. The molecule has 18 heteroatoms. The molecule has 2 fully saturated rings. The van der Waals surface area contributed by atoms with Crippen LogP contribution in [0.1, 0.15) is 67.2 Å². The number of aliphatic hydroxyl groups is 4. The number of ether oxygens (including phenoxy) is 4. The Balaban J connectivity index is 2.11. The molecule has 0 aromatic rings. The van der Waals surface area contributed by atoms with Crippen LogP contribution in [-0.2, 0) is 46.2 Å². The van der Waals surface area contributed by atoms with Gasteiger partial charge in [-0.15, -0.1) is 0 Å². The van der Waals surface area contributed by atoms with Gasteiger partial charge in [-0.25, -0.2) is 4.31 Å². The third kappa shape index (κ3) is 14.9. The number of aliphatic hydroxyl groups excluding tert-OH is 4. The maximum absolute atomic E-state index is 13.5. The van der Waals surface area contributed by atoms with E-state index in [2.05, 4.69) is 32.9 Å². The molecule has 2 aliphatic heterocycles. The number of hydrogen-bond acceptors (Lipinski definition) is 16. The molecule has 2 rings (SSSR count). The summed E-state index contributed by atoms with van der Waals surface area (Å²) in [5, 5.41) is 40.5. The van der Waals surface area contributed by atoms with Crippen LogP contribution < -0.4 is 11.5 Å². The van der Waals surface area contributed by atoms with E-state index in [4.69, 9.17) is 43.8 Å². The number of ketones is 1. The van der Waals surface area contributed by atoms with Crippen molar-refractivity contribution in [3.05, 3.63) is 34.9 Å². The maximum Gasteiger partial charge on any atom is 0.337 e. The van der Waals surface area contributed by atoms with Crippen LogP contribution in [0.4, 0.5) is 0 Å². The lowest BCUT2D eigenvalue weighted by Crippen LogP contribution is -2.68. The summed E-state index contributed by atoms with van der Waals surface area (Å²) >= 11 is 0. The van der Waals surface area contributed by atoms with E-state index in [1.807, 2.05) is 6.92 Å². The third-order valence-corrected chi connectivity index (χ3v) is 12.1. The molecular weight excluding hydrogens is 710 g/mol. The van der Waals surface area contributed by atoms with E-state index >= 15 is 0 Å². The van der Waals surface area contributed by atoms with E-state index in [-0.39, 0.29) is 12.4 Å². The average Bonchev–Trinajstić information content (AvgIpc) is 3.02. The van der Waals surface area contributed by atoms with Crippen molar-refractivity contribution < 1.29 is 66.7 Å². The van der Waals surface area contributed by atoms with Crippen molar-refractivity contribution >= 4 is 21.0 Å². The highest BCUT2D eigenvalue weighted by Gasteiger charge is 2.52. The Morgan fingerprint density at radius 1 is 0.804 bits per heavy atom. The zero-order valence-corrected chi connectivity index (χ0v) is 32.7. The van der Waals surface area contributed by atoms with Gasteiger partial charge in [-0.2, -0.15) is 0 Å². The van der Waals surface area contributed by atoms with Gasteiger partial charge in [0.15, 0.2) is 18.4 Å². The predicted octanol–water partition coefficient (Wildman–Crippen LogP) is 2.66. The van der Waals surface area contributed by atoms with E-state index in [0.717, 1.165) is 44.6 Å². The summed E-state index contributed by atoms with van der Waals surface area (Å²) in [6.07, 6.45) is -2.57. The largest absolute Gasteiger partial charge is 0.394 e. The molecule has 51 heavy (non-hydrogen) atoms. The van der Waals surface area contributed by atoms with Gasteiger partial charge in [0.05, 0.1) is 31.9 Å². The summed E-state index contributed by atoms with van der Waals surface area (Å²) in [5.41, 5.74) is 16.1. The number of hydrogen-bond donors (Lipinski definition) is 6. The second-order valence-electron chi connectivity index (χ2n) is 13.5. The van der Waals surface area contributed by atoms with Crippen molar-refractivity contribution in [2.24, 2.45) is 11.5 Å². The first-order chi connectivity index (χ1) is 23.7. The SMILES string of the molecule is CC(=O)C(C)OC1C(N)C(OP(C)(=O)OP(C)(=O)OC/C=C(/C)CC/C=C(\C)CCC=C(C)C)OC(CO)C1OC1OC(CO)C(O)C(O)C1N. The normalized spacial score (nSPS) is 33.6. The van der Waals surface area contributed by atoms with Crippen LogP contribution in [0, 0.1) is 0 Å². The van der Waals surface area contributed by atoms with Gasteiger partial charge in [-0.1, -0.05) is 34.9 Å². The standard InChI is InChI=1S/C33H60N2O14P2/c1-19(2)11-9-12-20(3)13-10-14-21(4)15-16-43-50(7,41)49-51(8,42)48-33-27(35)31(44-23(6)22(5)38)30(25(18-37)46-33)47-32-26(34)29(40)28(39)24(17-36)45-32/h11,13,15,23-33,36-37,39-40H,9-10,12,14,16-18,34-35H2,1-8H3/b20-13+,21-15-. The first-order valence-corrected chi connectivity index (χ1v) is 21.0. The van der Waals surface area contributed by atoms with Gasteiger partial charge in [0.25, 0.3) is 0 Å². The van der Waals surface area contributed by atoms with Crippen LogP contribution in [0.3, 0.4) is 0 Å². The van der Waals surface area contributed by atoms with E-state index in [1.54, 1.807) is 6.08 Å². The molecular formula is C33H60N2O14P2. The average molecular weight is 771 g/mol. The first-order valence-electron chi connectivity index (χ1n) is 17.1. The lowest BCUT2D eigenvalue weighted by Gasteiger charge is -2.48. The Morgan fingerprint density at radius 2 is 1.37 bits per heavy atom. The molecule has 2 aliphatic rings. The van der Waals surface area contributed by atoms with Crippen LogP contribution in [0.15, 0.2) is 34.9 Å². The number of nitrogens with two attached hydrogens (primary N) is 2.